The van der Waals surface area contributed by atoms with Crippen LogP contribution in [0.1, 0.15) is 19.3 Å². The fourth-order valence-corrected chi connectivity index (χ4v) is 2.04. The third-order valence-corrected chi connectivity index (χ3v) is 2.96. The second-order valence-corrected chi connectivity index (χ2v) is 4.35. The normalized spacial score (nSPS) is 20.7. The van der Waals surface area contributed by atoms with Gasteiger partial charge in [0, 0.05) is 12.3 Å². The van der Waals surface area contributed by atoms with Gasteiger partial charge in [-0.05, 0) is 49.9 Å². The Morgan fingerprint density at radius 2 is 2.50 bits per heavy atom. The Morgan fingerprint density at radius 1 is 1.56 bits per heavy atom. The molecule has 2 heterocycles. The lowest BCUT2D eigenvalue weighted by Crippen LogP contribution is -2.30. The largest absolute Gasteiger partial charge is 0.478 e. The molecule has 0 amide bonds. The highest BCUT2D eigenvalue weighted by atomic mass is 35.5. The molecule has 0 bridgehead atoms. The van der Waals surface area contributed by atoms with Crippen molar-refractivity contribution in [3.8, 4) is 5.88 Å². The molecule has 16 heavy (non-hydrogen) atoms. The Morgan fingerprint density at radius 3 is 3.25 bits per heavy atom. The number of nitrogens with one attached hydrogen (secondary N) is 1. The van der Waals surface area contributed by atoms with Gasteiger partial charge in [0.25, 0.3) is 0 Å². The van der Waals surface area contributed by atoms with Crippen molar-refractivity contribution in [2.75, 3.05) is 19.7 Å². The van der Waals surface area contributed by atoms with Crippen LogP contribution in [0, 0.1) is 5.92 Å². The Bertz CT molecular complexity index is 329. The molecule has 0 aliphatic carbocycles. The zero-order chi connectivity index (χ0) is 11.2. The Hall–Kier alpha value is -0.870. The van der Waals surface area contributed by atoms with Crippen molar-refractivity contribution in [1.29, 1.82) is 0 Å². The first kappa shape index (κ1) is 11.6. The van der Waals surface area contributed by atoms with E-state index in [1.165, 1.54) is 12.8 Å². The van der Waals surface area contributed by atoms with E-state index in [2.05, 4.69) is 15.3 Å². The van der Waals surface area contributed by atoms with Gasteiger partial charge in [0.1, 0.15) is 0 Å². The van der Waals surface area contributed by atoms with Gasteiger partial charge in [-0.25, -0.2) is 4.98 Å². The zero-order valence-corrected chi connectivity index (χ0v) is 9.91. The molecule has 4 nitrogen and oxygen atoms in total. The van der Waals surface area contributed by atoms with E-state index in [9.17, 15) is 0 Å². The predicted octanol–water partition coefficient (Wildman–Crippen LogP) is 1.90. The number of piperidine rings is 1. The van der Waals surface area contributed by atoms with Gasteiger partial charge >= 0.3 is 0 Å². The SMILES string of the molecule is Clc1nccc(OCCC2CCCNC2)n1. The highest BCUT2D eigenvalue weighted by molar-refractivity contribution is 6.28. The molecular formula is C11H16ClN3O. The standard InChI is InChI=1S/C11H16ClN3O/c12-11-14-6-3-10(15-11)16-7-4-9-2-1-5-13-8-9/h3,6,9,13H,1-2,4-5,7-8H2. The fourth-order valence-electron chi connectivity index (χ4n) is 1.90. The van der Waals surface area contributed by atoms with E-state index in [0.717, 1.165) is 25.4 Å². The topological polar surface area (TPSA) is 47.0 Å². The minimum atomic E-state index is 0.233. The van der Waals surface area contributed by atoms with Gasteiger partial charge in [-0.15, -0.1) is 0 Å². The van der Waals surface area contributed by atoms with Crippen molar-refractivity contribution in [3.63, 3.8) is 0 Å². The van der Waals surface area contributed by atoms with Gasteiger partial charge < -0.3 is 10.1 Å². The van der Waals surface area contributed by atoms with Gasteiger partial charge in [0.05, 0.1) is 6.61 Å². The molecule has 1 aliphatic heterocycles. The molecule has 0 aromatic carbocycles. The van der Waals surface area contributed by atoms with Crippen molar-refractivity contribution in [3.05, 3.63) is 17.5 Å². The third-order valence-electron chi connectivity index (χ3n) is 2.78. The monoisotopic (exact) mass is 241 g/mol. The second-order valence-electron chi connectivity index (χ2n) is 4.01. The smallest absolute Gasteiger partial charge is 0.225 e. The summed E-state index contributed by atoms with van der Waals surface area (Å²) in [5, 5.41) is 3.62. The molecule has 0 saturated carbocycles. The molecule has 1 saturated heterocycles. The molecule has 1 aromatic rings. The molecule has 1 atom stereocenters. The maximum absolute atomic E-state index is 5.66. The summed E-state index contributed by atoms with van der Waals surface area (Å²) in [5.74, 6) is 1.29. The van der Waals surface area contributed by atoms with E-state index >= 15 is 0 Å². The number of aromatic nitrogens is 2. The molecule has 0 radical (unpaired) electrons. The van der Waals surface area contributed by atoms with Crippen LogP contribution in [-0.4, -0.2) is 29.7 Å². The quantitative estimate of drug-likeness (QED) is 0.818. The van der Waals surface area contributed by atoms with E-state index in [4.69, 9.17) is 16.3 Å². The summed E-state index contributed by atoms with van der Waals surface area (Å²) in [5.41, 5.74) is 0. The van der Waals surface area contributed by atoms with Crippen molar-refractivity contribution < 1.29 is 4.74 Å². The third kappa shape index (κ3) is 3.61. The maximum Gasteiger partial charge on any atom is 0.225 e. The summed E-state index contributed by atoms with van der Waals surface area (Å²) >= 11 is 5.66. The van der Waals surface area contributed by atoms with Crippen LogP contribution in [0.25, 0.3) is 0 Å². The predicted molar refractivity (Wildman–Crippen MR) is 62.7 cm³/mol. The zero-order valence-electron chi connectivity index (χ0n) is 9.16. The average Bonchev–Trinajstić information content (AvgIpc) is 2.30. The van der Waals surface area contributed by atoms with Crippen LogP contribution in [-0.2, 0) is 0 Å². The number of nitrogens with zero attached hydrogens (tertiary/aromatic N) is 2. The molecule has 0 spiro atoms. The Labute approximate surface area is 100 Å². The van der Waals surface area contributed by atoms with Gasteiger partial charge in [0.15, 0.2) is 0 Å². The first-order chi connectivity index (χ1) is 7.84. The highest BCUT2D eigenvalue weighted by Gasteiger charge is 2.12. The number of ether oxygens (including phenoxy) is 1. The fraction of sp³-hybridized carbons (Fsp3) is 0.636. The van der Waals surface area contributed by atoms with Gasteiger partial charge in [-0.2, -0.15) is 4.98 Å². The summed E-state index contributed by atoms with van der Waals surface area (Å²) in [6.07, 6.45) is 5.23. The van der Waals surface area contributed by atoms with Gasteiger partial charge in [-0.3, -0.25) is 0 Å². The minimum Gasteiger partial charge on any atom is -0.478 e. The van der Waals surface area contributed by atoms with Gasteiger partial charge in [-0.1, -0.05) is 0 Å². The van der Waals surface area contributed by atoms with E-state index in [-0.39, 0.29) is 5.28 Å². The molecule has 1 aliphatic rings. The minimum absolute atomic E-state index is 0.233. The van der Waals surface area contributed by atoms with Crippen molar-refractivity contribution in [2.45, 2.75) is 19.3 Å². The van der Waals surface area contributed by atoms with Crippen LogP contribution in [0.4, 0.5) is 0 Å². The molecule has 5 heteroatoms. The van der Waals surface area contributed by atoms with Crippen LogP contribution < -0.4 is 10.1 Å². The van der Waals surface area contributed by atoms with Crippen molar-refractivity contribution >= 4 is 11.6 Å². The van der Waals surface area contributed by atoms with Crippen LogP contribution >= 0.6 is 11.6 Å². The summed E-state index contributed by atoms with van der Waals surface area (Å²) < 4.78 is 5.53. The molecule has 1 N–H and O–H groups in total. The molecule has 1 unspecified atom stereocenters. The summed E-state index contributed by atoms with van der Waals surface area (Å²) in [6, 6.07) is 1.73. The van der Waals surface area contributed by atoms with E-state index < -0.39 is 0 Å². The molecule has 1 aromatic heterocycles. The average molecular weight is 242 g/mol. The van der Waals surface area contributed by atoms with E-state index in [1.54, 1.807) is 12.3 Å². The molecular weight excluding hydrogens is 226 g/mol. The van der Waals surface area contributed by atoms with E-state index in [0.29, 0.717) is 12.5 Å². The summed E-state index contributed by atoms with van der Waals surface area (Å²) in [4.78, 5) is 7.77. The lowest BCUT2D eigenvalue weighted by molar-refractivity contribution is 0.247. The lowest BCUT2D eigenvalue weighted by atomic mass is 9.97. The van der Waals surface area contributed by atoms with Crippen LogP contribution in [0.2, 0.25) is 5.28 Å². The molecule has 1 fully saturated rings. The number of rotatable bonds is 4. The van der Waals surface area contributed by atoms with Crippen LogP contribution in [0.15, 0.2) is 12.3 Å². The first-order valence-electron chi connectivity index (χ1n) is 5.66. The molecule has 2 rings (SSSR count). The molecule has 88 valence electrons. The second kappa shape index (κ2) is 6.01. The van der Waals surface area contributed by atoms with Gasteiger partial charge in [0.2, 0.25) is 11.2 Å². The van der Waals surface area contributed by atoms with E-state index in [1.807, 2.05) is 0 Å². The number of hydrogen-bond acceptors (Lipinski definition) is 4. The highest BCUT2D eigenvalue weighted by Crippen LogP contribution is 2.15. The van der Waals surface area contributed by atoms with Crippen molar-refractivity contribution in [1.82, 2.24) is 15.3 Å². The van der Waals surface area contributed by atoms with Crippen molar-refractivity contribution in [2.24, 2.45) is 5.92 Å². The maximum atomic E-state index is 5.66. The number of hydrogen-bond donors (Lipinski definition) is 1. The first-order valence-corrected chi connectivity index (χ1v) is 6.04. The summed E-state index contributed by atoms with van der Waals surface area (Å²) in [6.45, 7) is 2.95. The lowest BCUT2D eigenvalue weighted by Gasteiger charge is -2.22. The Kier molecular flexibility index (Phi) is 4.36. The van der Waals surface area contributed by atoms with Crippen LogP contribution in [0.5, 0.6) is 5.88 Å². The van der Waals surface area contributed by atoms with Crippen LogP contribution in [0.3, 0.4) is 0 Å². The summed E-state index contributed by atoms with van der Waals surface area (Å²) in [7, 11) is 0. The Balaban J connectivity index is 1.71. The number of halogens is 1.